The maximum Gasteiger partial charge on any atom is 0.0766 e. The van der Waals surface area contributed by atoms with Gasteiger partial charge in [0, 0.05) is 13.1 Å². The molecule has 0 aliphatic rings. The van der Waals surface area contributed by atoms with Crippen LogP contribution in [0.5, 0.6) is 0 Å². The maximum atomic E-state index is 4.60. The highest BCUT2D eigenvalue weighted by Crippen LogP contribution is 2.28. The number of rotatable bonds is 7. The van der Waals surface area contributed by atoms with Gasteiger partial charge in [-0.2, -0.15) is 5.10 Å². The van der Waals surface area contributed by atoms with Crippen LogP contribution >= 0.6 is 15.9 Å². The molecule has 1 aromatic heterocycles. The summed E-state index contributed by atoms with van der Waals surface area (Å²) >= 11 is 3.72. The first kappa shape index (κ1) is 16.7. The van der Waals surface area contributed by atoms with Gasteiger partial charge in [-0.15, -0.1) is 0 Å². The van der Waals surface area contributed by atoms with Gasteiger partial charge in [0.15, 0.2) is 0 Å². The lowest BCUT2D eigenvalue weighted by Crippen LogP contribution is -2.37. The predicted molar refractivity (Wildman–Crippen MR) is 85.5 cm³/mol. The van der Waals surface area contributed by atoms with Crippen LogP contribution in [0, 0.1) is 11.8 Å². The zero-order chi connectivity index (χ0) is 14.6. The van der Waals surface area contributed by atoms with Crippen LogP contribution in [0.2, 0.25) is 0 Å². The Labute approximate surface area is 126 Å². The third kappa shape index (κ3) is 4.06. The Hall–Kier alpha value is -0.350. The molecule has 3 nitrogen and oxygen atoms in total. The van der Waals surface area contributed by atoms with E-state index in [9.17, 15) is 0 Å². The molecule has 4 heteroatoms. The van der Waals surface area contributed by atoms with E-state index in [1.54, 1.807) is 0 Å². The zero-order valence-corrected chi connectivity index (χ0v) is 14.7. The van der Waals surface area contributed by atoms with E-state index in [4.69, 9.17) is 0 Å². The standard InChI is InChI=1S/C15H28BrN3/c1-7-13-15(16)14(19(6)18-13)9-12(10(3)4)11(5)17-8-2/h10-12,17H,7-9H2,1-6H3. The lowest BCUT2D eigenvalue weighted by molar-refractivity contribution is 0.287. The Morgan fingerprint density at radius 3 is 2.32 bits per heavy atom. The van der Waals surface area contributed by atoms with Gasteiger partial charge in [0.2, 0.25) is 0 Å². The molecule has 0 spiro atoms. The molecule has 110 valence electrons. The van der Waals surface area contributed by atoms with Crippen LogP contribution in [-0.4, -0.2) is 22.4 Å². The number of hydrogen-bond donors (Lipinski definition) is 1. The molecule has 1 rings (SSSR count). The highest BCUT2D eigenvalue weighted by atomic mass is 79.9. The van der Waals surface area contributed by atoms with Crippen LogP contribution < -0.4 is 5.32 Å². The van der Waals surface area contributed by atoms with Gasteiger partial charge in [0.1, 0.15) is 0 Å². The molecule has 0 aliphatic carbocycles. The highest BCUT2D eigenvalue weighted by Gasteiger charge is 2.24. The average molecular weight is 330 g/mol. The van der Waals surface area contributed by atoms with Crippen LogP contribution in [0.25, 0.3) is 0 Å². The van der Waals surface area contributed by atoms with E-state index in [1.165, 1.54) is 10.2 Å². The second-order valence-electron chi connectivity index (χ2n) is 5.64. The Kier molecular flexibility index (Phi) is 6.54. The number of nitrogens with zero attached hydrogens (tertiary/aromatic N) is 2. The second kappa shape index (κ2) is 7.44. The van der Waals surface area contributed by atoms with Crippen molar-refractivity contribution < 1.29 is 0 Å². The quantitative estimate of drug-likeness (QED) is 0.828. The molecule has 0 saturated carbocycles. The average Bonchev–Trinajstić information content (AvgIpc) is 2.61. The summed E-state index contributed by atoms with van der Waals surface area (Å²) in [7, 11) is 2.05. The Bertz CT molecular complexity index is 398. The molecule has 0 bridgehead atoms. The Morgan fingerprint density at radius 2 is 1.89 bits per heavy atom. The number of aromatic nitrogens is 2. The fourth-order valence-corrected chi connectivity index (χ4v) is 3.51. The first-order valence-corrected chi connectivity index (χ1v) is 8.15. The lowest BCUT2D eigenvalue weighted by Gasteiger charge is -2.28. The first-order chi connectivity index (χ1) is 8.92. The van der Waals surface area contributed by atoms with E-state index in [0.717, 1.165) is 25.1 Å². The molecule has 2 unspecified atom stereocenters. The lowest BCUT2D eigenvalue weighted by atomic mass is 9.85. The van der Waals surface area contributed by atoms with Crippen LogP contribution in [-0.2, 0) is 19.9 Å². The molecular weight excluding hydrogens is 302 g/mol. The normalized spacial score (nSPS) is 14.9. The molecule has 0 amide bonds. The van der Waals surface area contributed by atoms with Gasteiger partial charge < -0.3 is 5.32 Å². The van der Waals surface area contributed by atoms with Gasteiger partial charge in [-0.1, -0.05) is 27.7 Å². The topological polar surface area (TPSA) is 29.9 Å². The number of halogens is 1. The van der Waals surface area contributed by atoms with E-state index >= 15 is 0 Å². The van der Waals surface area contributed by atoms with E-state index < -0.39 is 0 Å². The van der Waals surface area contributed by atoms with Crippen molar-refractivity contribution in [1.82, 2.24) is 15.1 Å². The minimum absolute atomic E-state index is 0.525. The van der Waals surface area contributed by atoms with Gasteiger partial charge in [0.05, 0.1) is 15.9 Å². The summed E-state index contributed by atoms with van der Waals surface area (Å²) in [6.07, 6.45) is 2.04. The SMILES string of the molecule is CCNC(C)C(Cc1c(Br)c(CC)nn1C)C(C)C. The van der Waals surface area contributed by atoms with Gasteiger partial charge in [-0.05, 0) is 54.1 Å². The predicted octanol–water partition coefficient (Wildman–Crippen LogP) is 3.56. The molecule has 0 fully saturated rings. The molecule has 0 radical (unpaired) electrons. The summed E-state index contributed by atoms with van der Waals surface area (Å²) in [5.74, 6) is 1.28. The summed E-state index contributed by atoms with van der Waals surface area (Å²) in [6, 6.07) is 0.525. The molecule has 2 atom stereocenters. The minimum Gasteiger partial charge on any atom is -0.314 e. The van der Waals surface area contributed by atoms with Crippen molar-refractivity contribution in [2.45, 2.75) is 53.5 Å². The van der Waals surface area contributed by atoms with Crippen molar-refractivity contribution in [3.05, 3.63) is 15.9 Å². The Balaban J connectivity index is 2.94. The van der Waals surface area contributed by atoms with Crippen molar-refractivity contribution in [2.75, 3.05) is 6.54 Å². The molecular formula is C15H28BrN3. The van der Waals surface area contributed by atoms with E-state index in [0.29, 0.717) is 17.9 Å². The molecule has 1 heterocycles. The van der Waals surface area contributed by atoms with Gasteiger partial charge in [0.25, 0.3) is 0 Å². The van der Waals surface area contributed by atoms with Crippen molar-refractivity contribution in [2.24, 2.45) is 18.9 Å². The summed E-state index contributed by atoms with van der Waals surface area (Å²) in [4.78, 5) is 0. The van der Waals surface area contributed by atoms with Crippen LogP contribution in [0.1, 0.15) is 46.0 Å². The minimum atomic E-state index is 0.525. The molecule has 0 saturated heterocycles. The van der Waals surface area contributed by atoms with E-state index in [2.05, 4.69) is 68.0 Å². The van der Waals surface area contributed by atoms with Gasteiger partial charge in [-0.3, -0.25) is 4.68 Å². The van der Waals surface area contributed by atoms with Crippen molar-refractivity contribution in [1.29, 1.82) is 0 Å². The number of hydrogen-bond acceptors (Lipinski definition) is 2. The van der Waals surface area contributed by atoms with E-state index in [-0.39, 0.29) is 0 Å². The van der Waals surface area contributed by atoms with Gasteiger partial charge >= 0.3 is 0 Å². The third-order valence-corrected chi connectivity index (χ3v) is 4.87. The number of nitrogens with one attached hydrogen (secondary N) is 1. The van der Waals surface area contributed by atoms with Gasteiger partial charge in [-0.25, -0.2) is 0 Å². The van der Waals surface area contributed by atoms with Crippen LogP contribution in [0.3, 0.4) is 0 Å². The Morgan fingerprint density at radius 1 is 1.26 bits per heavy atom. The smallest absolute Gasteiger partial charge is 0.0766 e. The fraction of sp³-hybridized carbons (Fsp3) is 0.800. The van der Waals surface area contributed by atoms with E-state index in [1.807, 2.05) is 4.68 Å². The molecule has 1 aromatic rings. The largest absolute Gasteiger partial charge is 0.314 e. The highest BCUT2D eigenvalue weighted by molar-refractivity contribution is 9.10. The summed E-state index contributed by atoms with van der Waals surface area (Å²) in [5.41, 5.74) is 2.48. The second-order valence-corrected chi connectivity index (χ2v) is 6.44. The zero-order valence-electron chi connectivity index (χ0n) is 13.1. The molecule has 0 aliphatic heterocycles. The molecule has 19 heavy (non-hydrogen) atoms. The fourth-order valence-electron chi connectivity index (χ4n) is 2.73. The molecule has 1 N–H and O–H groups in total. The first-order valence-electron chi connectivity index (χ1n) is 7.35. The van der Waals surface area contributed by atoms with Crippen LogP contribution in [0.15, 0.2) is 4.47 Å². The van der Waals surface area contributed by atoms with Crippen LogP contribution in [0.4, 0.5) is 0 Å². The summed E-state index contributed by atoms with van der Waals surface area (Å²) in [5, 5.41) is 8.16. The number of aryl methyl sites for hydroxylation is 2. The molecule has 0 aromatic carbocycles. The third-order valence-electron chi connectivity index (χ3n) is 3.96. The monoisotopic (exact) mass is 329 g/mol. The summed E-state index contributed by atoms with van der Waals surface area (Å²) < 4.78 is 3.24. The maximum absolute atomic E-state index is 4.60. The summed E-state index contributed by atoms with van der Waals surface area (Å²) in [6.45, 7) is 12.3. The van der Waals surface area contributed by atoms with Crippen molar-refractivity contribution in [3.8, 4) is 0 Å². The van der Waals surface area contributed by atoms with Crippen molar-refractivity contribution in [3.63, 3.8) is 0 Å². The van der Waals surface area contributed by atoms with Crippen molar-refractivity contribution >= 4 is 15.9 Å².